The highest BCUT2D eigenvalue weighted by Crippen LogP contribution is 2.26. The molecule has 3 aromatic carbocycles. The van der Waals surface area contributed by atoms with E-state index in [1.165, 1.54) is 4.31 Å². The van der Waals surface area contributed by atoms with Crippen molar-refractivity contribution in [2.75, 3.05) is 51.3 Å². The zero-order chi connectivity index (χ0) is 29.7. The first-order chi connectivity index (χ1) is 20.2. The predicted octanol–water partition coefficient (Wildman–Crippen LogP) is 4.77. The molecule has 0 unspecified atom stereocenters. The number of benzene rings is 3. The lowest BCUT2D eigenvalue weighted by Crippen LogP contribution is -2.45. The van der Waals surface area contributed by atoms with E-state index in [4.69, 9.17) is 21.3 Å². The van der Waals surface area contributed by atoms with Gasteiger partial charge in [0.25, 0.3) is 0 Å². The van der Waals surface area contributed by atoms with Gasteiger partial charge in [-0.1, -0.05) is 59.1 Å². The van der Waals surface area contributed by atoms with Gasteiger partial charge in [0.15, 0.2) is 0 Å². The van der Waals surface area contributed by atoms with Gasteiger partial charge in [0, 0.05) is 48.6 Å². The highest BCUT2D eigenvalue weighted by molar-refractivity contribution is 7.89. The number of sulfonamides is 1. The molecular weight excluding hydrogens is 574 g/mol. The maximum atomic E-state index is 13.7. The average Bonchev–Trinajstić information content (AvgIpc) is 3.40. The van der Waals surface area contributed by atoms with Crippen LogP contribution in [0.25, 0.3) is 16.9 Å². The van der Waals surface area contributed by atoms with Crippen LogP contribution in [0.2, 0.25) is 5.02 Å². The van der Waals surface area contributed by atoms with Crippen molar-refractivity contribution in [1.29, 1.82) is 0 Å². The molecule has 0 spiro atoms. The molecule has 1 aliphatic heterocycles. The van der Waals surface area contributed by atoms with Crippen LogP contribution in [0.1, 0.15) is 11.1 Å². The molecule has 11 heteroatoms. The fourth-order valence-electron chi connectivity index (χ4n) is 4.68. The van der Waals surface area contributed by atoms with Crippen molar-refractivity contribution in [3.63, 3.8) is 0 Å². The number of aromatic nitrogens is 2. The molecule has 42 heavy (non-hydrogen) atoms. The molecule has 1 aliphatic rings. The Balaban J connectivity index is 1.42. The molecule has 0 atom stereocenters. The van der Waals surface area contributed by atoms with E-state index >= 15 is 0 Å². The summed E-state index contributed by atoms with van der Waals surface area (Å²) in [4.78, 5) is 20.5. The minimum atomic E-state index is -3.94. The molecule has 0 bridgehead atoms. The van der Waals surface area contributed by atoms with Crippen molar-refractivity contribution in [2.45, 2.75) is 18.7 Å². The minimum Gasteiger partial charge on any atom is -0.379 e. The maximum Gasteiger partial charge on any atom is 0.243 e. The van der Waals surface area contributed by atoms with Crippen LogP contribution in [0.15, 0.2) is 83.9 Å². The summed E-state index contributed by atoms with van der Waals surface area (Å²) >= 11 is 6.08. The van der Waals surface area contributed by atoms with Crippen LogP contribution in [0.5, 0.6) is 0 Å². The van der Waals surface area contributed by atoms with Gasteiger partial charge in [-0.2, -0.15) is 4.31 Å². The third-order valence-corrected chi connectivity index (χ3v) is 9.27. The Morgan fingerprint density at radius 3 is 2.21 bits per heavy atom. The third kappa shape index (κ3) is 7.26. The number of halogens is 1. The fraction of sp³-hybridized carbons (Fsp3) is 0.290. The second kappa shape index (κ2) is 13.2. The van der Waals surface area contributed by atoms with Crippen molar-refractivity contribution in [1.82, 2.24) is 18.8 Å². The summed E-state index contributed by atoms with van der Waals surface area (Å²) in [5.74, 6) is -0.205. The van der Waals surface area contributed by atoms with Gasteiger partial charge in [0.2, 0.25) is 21.9 Å². The standard InChI is InChI=1S/C31H34ClN5O4S/c1-23-3-11-27(12-4-23)37-21-29(25-7-9-26(32)10-8-25)33-31(37)34-30(38)22-36(16-15-35-17-19-41-20-18-35)42(39,40)28-13-5-24(2)6-14-28/h3-14,21H,15-20,22H2,1-2H3,(H,33,34,38). The van der Waals surface area contributed by atoms with E-state index in [1.807, 2.05) is 56.4 Å². The topological polar surface area (TPSA) is 96.8 Å². The van der Waals surface area contributed by atoms with E-state index in [0.29, 0.717) is 43.6 Å². The van der Waals surface area contributed by atoms with Crippen LogP contribution < -0.4 is 5.32 Å². The quantitative estimate of drug-likeness (QED) is 0.279. The van der Waals surface area contributed by atoms with Gasteiger partial charge in [-0.15, -0.1) is 0 Å². The number of nitrogens with one attached hydrogen (secondary N) is 1. The van der Waals surface area contributed by atoms with Crippen molar-refractivity contribution in [3.8, 4) is 16.9 Å². The van der Waals surface area contributed by atoms with Crippen molar-refractivity contribution in [3.05, 3.63) is 95.1 Å². The molecule has 2 heterocycles. The second-order valence-corrected chi connectivity index (χ2v) is 12.7. The number of ether oxygens (including phenoxy) is 1. The van der Waals surface area contributed by atoms with Crippen molar-refractivity contribution in [2.24, 2.45) is 0 Å². The average molecular weight is 608 g/mol. The number of morpholine rings is 1. The summed E-state index contributed by atoms with van der Waals surface area (Å²) in [7, 11) is -3.94. The molecule has 1 saturated heterocycles. The lowest BCUT2D eigenvalue weighted by atomic mass is 10.2. The Bertz CT molecular complexity index is 1620. The smallest absolute Gasteiger partial charge is 0.243 e. The molecule has 0 aliphatic carbocycles. The Labute approximate surface area is 251 Å². The lowest BCUT2D eigenvalue weighted by molar-refractivity contribution is -0.116. The zero-order valence-corrected chi connectivity index (χ0v) is 25.2. The number of carbonyl (C=O) groups is 1. The van der Waals surface area contributed by atoms with Gasteiger partial charge < -0.3 is 4.74 Å². The monoisotopic (exact) mass is 607 g/mol. The SMILES string of the molecule is Cc1ccc(-n2cc(-c3ccc(Cl)cc3)nc2NC(=O)CN(CCN2CCOCC2)S(=O)(=O)c2ccc(C)cc2)cc1. The number of carbonyl (C=O) groups excluding carboxylic acids is 1. The third-order valence-electron chi connectivity index (χ3n) is 7.16. The minimum absolute atomic E-state index is 0.147. The lowest BCUT2D eigenvalue weighted by Gasteiger charge is -2.29. The maximum absolute atomic E-state index is 13.7. The van der Waals surface area contributed by atoms with Crippen LogP contribution >= 0.6 is 11.6 Å². The van der Waals surface area contributed by atoms with E-state index in [2.05, 4.69) is 10.2 Å². The second-order valence-electron chi connectivity index (χ2n) is 10.3. The fourth-order valence-corrected chi connectivity index (χ4v) is 6.19. The normalized spacial score (nSPS) is 14.3. The predicted molar refractivity (Wildman–Crippen MR) is 165 cm³/mol. The highest BCUT2D eigenvalue weighted by Gasteiger charge is 2.28. The van der Waals surface area contributed by atoms with Crippen LogP contribution in [0, 0.1) is 13.8 Å². The van der Waals surface area contributed by atoms with Gasteiger partial charge in [0.05, 0.1) is 30.3 Å². The summed E-state index contributed by atoms with van der Waals surface area (Å²) < 4.78 is 35.9. The van der Waals surface area contributed by atoms with E-state index in [0.717, 1.165) is 22.4 Å². The summed E-state index contributed by atoms with van der Waals surface area (Å²) in [6, 6.07) is 21.8. The van der Waals surface area contributed by atoms with Crippen LogP contribution in [-0.2, 0) is 19.6 Å². The molecule has 9 nitrogen and oxygen atoms in total. The van der Waals surface area contributed by atoms with E-state index < -0.39 is 15.9 Å². The Morgan fingerprint density at radius 2 is 1.57 bits per heavy atom. The molecule has 5 rings (SSSR count). The summed E-state index contributed by atoms with van der Waals surface area (Å²) in [6.07, 6.45) is 1.84. The number of nitrogens with zero attached hydrogens (tertiary/aromatic N) is 4. The van der Waals surface area contributed by atoms with Gasteiger partial charge in [-0.05, 0) is 50.2 Å². The number of imidazole rings is 1. The van der Waals surface area contributed by atoms with E-state index in [9.17, 15) is 13.2 Å². The first kappa shape index (κ1) is 29.9. The first-order valence-electron chi connectivity index (χ1n) is 13.8. The molecule has 0 radical (unpaired) electrons. The summed E-state index contributed by atoms with van der Waals surface area (Å²) in [5.41, 5.74) is 4.32. The van der Waals surface area contributed by atoms with E-state index in [1.54, 1.807) is 41.0 Å². The highest BCUT2D eigenvalue weighted by atomic mass is 35.5. The molecule has 1 amide bonds. The molecule has 220 valence electrons. The Morgan fingerprint density at radius 1 is 0.952 bits per heavy atom. The number of anilines is 1. The van der Waals surface area contributed by atoms with Crippen LogP contribution in [-0.4, -0.2) is 79.0 Å². The Kier molecular flexibility index (Phi) is 9.40. The molecule has 4 aromatic rings. The summed E-state index contributed by atoms with van der Waals surface area (Å²) in [6.45, 7) is 6.81. The zero-order valence-electron chi connectivity index (χ0n) is 23.7. The number of rotatable bonds is 10. The molecule has 1 fully saturated rings. The van der Waals surface area contributed by atoms with Gasteiger partial charge >= 0.3 is 0 Å². The first-order valence-corrected chi connectivity index (χ1v) is 15.6. The van der Waals surface area contributed by atoms with Gasteiger partial charge in [0.1, 0.15) is 0 Å². The number of hydrogen-bond donors (Lipinski definition) is 1. The van der Waals surface area contributed by atoms with Crippen molar-refractivity contribution < 1.29 is 17.9 Å². The molecule has 0 saturated carbocycles. The summed E-state index contributed by atoms with van der Waals surface area (Å²) in [5, 5.41) is 3.48. The van der Waals surface area contributed by atoms with E-state index in [-0.39, 0.29) is 23.9 Å². The van der Waals surface area contributed by atoms with Gasteiger partial charge in [-0.3, -0.25) is 19.6 Å². The number of hydrogen-bond acceptors (Lipinski definition) is 6. The van der Waals surface area contributed by atoms with Crippen LogP contribution in [0.4, 0.5) is 5.95 Å². The van der Waals surface area contributed by atoms with Gasteiger partial charge in [-0.25, -0.2) is 13.4 Å². The van der Waals surface area contributed by atoms with Crippen molar-refractivity contribution >= 4 is 33.5 Å². The largest absolute Gasteiger partial charge is 0.379 e. The Hall–Kier alpha value is -3.54. The molecule has 1 N–H and O–H groups in total. The molecule has 1 aromatic heterocycles. The van der Waals surface area contributed by atoms with Crippen LogP contribution in [0.3, 0.4) is 0 Å². The number of aryl methyl sites for hydroxylation is 2. The molecular formula is C31H34ClN5O4S. The number of amides is 1.